The summed E-state index contributed by atoms with van der Waals surface area (Å²) in [5.74, 6) is -0.411. The van der Waals surface area contributed by atoms with E-state index < -0.39 is 11.5 Å². The van der Waals surface area contributed by atoms with Crippen LogP contribution in [0, 0.1) is 0 Å². The van der Waals surface area contributed by atoms with Crippen molar-refractivity contribution in [3.63, 3.8) is 0 Å². The molecule has 0 saturated heterocycles. The number of amides is 1. The third kappa shape index (κ3) is 2.69. The van der Waals surface area contributed by atoms with Gasteiger partial charge in [0.05, 0.1) is 11.0 Å². The highest BCUT2D eigenvalue weighted by atomic mass is 16.2. The molecule has 0 saturated carbocycles. The van der Waals surface area contributed by atoms with Gasteiger partial charge in [0.1, 0.15) is 0 Å². The largest absolute Gasteiger partial charge is 0.347 e. The van der Waals surface area contributed by atoms with Gasteiger partial charge in [0.2, 0.25) is 0 Å². The van der Waals surface area contributed by atoms with Crippen molar-refractivity contribution in [1.29, 1.82) is 0 Å². The maximum atomic E-state index is 12.5. The highest BCUT2D eigenvalue weighted by Gasteiger charge is 2.22. The van der Waals surface area contributed by atoms with Crippen molar-refractivity contribution < 1.29 is 4.79 Å². The Labute approximate surface area is 138 Å². The normalized spacial score (nSPS) is 16.6. The molecule has 1 aliphatic carbocycles. The number of aromatic amines is 1. The number of benzene rings is 2. The Morgan fingerprint density at radius 1 is 1.08 bits per heavy atom. The van der Waals surface area contributed by atoms with Crippen molar-refractivity contribution in [2.24, 2.45) is 0 Å². The summed E-state index contributed by atoms with van der Waals surface area (Å²) in [6.45, 7) is 0. The van der Waals surface area contributed by atoms with Crippen LogP contribution in [0.4, 0.5) is 0 Å². The van der Waals surface area contributed by atoms with Crippen molar-refractivity contribution in [3.8, 4) is 0 Å². The summed E-state index contributed by atoms with van der Waals surface area (Å²) >= 11 is 0. The van der Waals surface area contributed by atoms with Crippen LogP contribution < -0.4 is 10.9 Å². The lowest BCUT2D eigenvalue weighted by Gasteiger charge is -2.25. The number of hydrogen-bond donors (Lipinski definition) is 2. The van der Waals surface area contributed by atoms with Gasteiger partial charge in [-0.2, -0.15) is 0 Å². The van der Waals surface area contributed by atoms with Crippen LogP contribution in [0.25, 0.3) is 11.0 Å². The molecule has 24 heavy (non-hydrogen) atoms. The van der Waals surface area contributed by atoms with E-state index in [2.05, 4.69) is 27.4 Å². The molecule has 120 valence electrons. The third-order valence-electron chi connectivity index (χ3n) is 4.50. The van der Waals surface area contributed by atoms with Crippen LogP contribution in [-0.4, -0.2) is 21.9 Å². The van der Waals surface area contributed by atoms with Crippen LogP contribution in [0.5, 0.6) is 0 Å². The number of fused-ring (bicyclic) bond motifs is 2. The SMILES string of the molecule is O=C(NC1CCc2ccccc2C1)c1nc2ccccc2[nH]c1=O. The molecule has 0 fully saturated rings. The van der Waals surface area contributed by atoms with Crippen molar-refractivity contribution >= 4 is 16.9 Å². The molecule has 2 N–H and O–H groups in total. The maximum Gasteiger partial charge on any atom is 0.280 e. The Morgan fingerprint density at radius 2 is 1.83 bits per heavy atom. The molecule has 4 rings (SSSR count). The second-order valence-corrected chi connectivity index (χ2v) is 6.11. The van der Waals surface area contributed by atoms with E-state index in [-0.39, 0.29) is 11.7 Å². The first-order valence-corrected chi connectivity index (χ1v) is 8.07. The molecule has 5 nitrogen and oxygen atoms in total. The first-order chi connectivity index (χ1) is 11.7. The molecule has 5 heteroatoms. The predicted molar refractivity (Wildman–Crippen MR) is 92.1 cm³/mol. The average molecular weight is 319 g/mol. The highest BCUT2D eigenvalue weighted by molar-refractivity contribution is 5.93. The molecular formula is C19H17N3O2. The summed E-state index contributed by atoms with van der Waals surface area (Å²) in [6, 6.07) is 15.5. The van der Waals surface area contributed by atoms with E-state index in [4.69, 9.17) is 0 Å². The number of aromatic nitrogens is 2. The zero-order chi connectivity index (χ0) is 16.5. The Balaban J connectivity index is 1.57. The van der Waals surface area contributed by atoms with Crippen LogP contribution in [0.15, 0.2) is 53.3 Å². The van der Waals surface area contributed by atoms with E-state index in [9.17, 15) is 9.59 Å². The van der Waals surface area contributed by atoms with Crippen LogP contribution in [-0.2, 0) is 12.8 Å². The van der Waals surface area contributed by atoms with Gasteiger partial charge in [0.25, 0.3) is 11.5 Å². The second-order valence-electron chi connectivity index (χ2n) is 6.11. The van der Waals surface area contributed by atoms with Crippen LogP contribution in [0.3, 0.4) is 0 Å². The Hall–Kier alpha value is -2.95. The lowest BCUT2D eigenvalue weighted by atomic mass is 9.88. The highest BCUT2D eigenvalue weighted by Crippen LogP contribution is 2.21. The maximum absolute atomic E-state index is 12.5. The van der Waals surface area contributed by atoms with Gasteiger partial charge < -0.3 is 10.3 Å². The fraction of sp³-hybridized carbons (Fsp3) is 0.211. The monoisotopic (exact) mass is 319 g/mol. The third-order valence-corrected chi connectivity index (χ3v) is 4.50. The number of H-pyrrole nitrogens is 1. The fourth-order valence-electron chi connectivity index (χ4n) is 3.26. The summed E-state index contributed by atoms with van der Waals surface area (Å²) in [4.78, 5) is 31.6. The number of carbonyl (C=O) groups is 1. The van der Waals surface area contributed by atoms with E-state index in [0.717, 1.165) is 19.3 Å². The number of nitrogens with zero attached hydrogens (tertiary/aromatic N) is 1. The molecule has 0 radical (unpaired) electrons. The predicted octanol–water partition coefficient (Wildman–Crippen LogP) is 2.21. The van der Waals surface area contributed by atoms with Gasteiger partial charge in [0.15, 0.2) is 5.69 Å². The molecular weight excluding hydrogens is 302 g/mol. The summed E-state index contributed by atoms with van der Waals surface area (Å²) in [5.41, 5.74) is 3.30. The Morgan fingerprint density at radius 3 is 2.71 bits per heavy atom. The Bertz CT molecular complexity index is 978. The van der Waals surface area contributed by atoms with E-state index in [1.807, 2.05) is 24.3 Å². The van der Waals surface area contributed by atoms with Gasteiger partial charge in [-0.1, -0.05) is 36.4 Å². The summed E-state index contributed by atoms with van der Waals surface area (Å²) < 4.78 is 0. The number of hydrogen-bond acceptors (Lipinski definition) is 3. The average Bonchev–Trinajstić information content (AvgIpc) is 2.61. The number of carbonyl (C=O) groups excluding carboxylic acids is 1. The van der Waals surface area contributed by atoms with Crippen LogP contribution >= 0.6 is 0 Å². The molecule has 1 amide bonds. The van der Waals surface area contributed by atoms with Gasteiger partial charge in [-0.25, -0.2) is 4.98 Å². The lowest BCUT2D eigenvalue weighted by Crippen LogP contribution is -2.41. The van der Waals surface area contributed by atoms with Gasteiger partial charge in [-0.05, 0) is 42.5 Å². The number of nitrogens with one attached hydrogen (secondary N) is 2. The lowest BCUT2D eigenvalue weighted by molar-refractivity contribution is 0.0927. The summed E-state index contributed by atoms with van der Waals surface area (Å²) in [5, 5.41) is 2.96. The molecule has 0 spiro atoms. The quantitative estimate of drug-likeness (QED) is 0.760. The van der Waals surface area contributed by atoms with Crippen LogP contribution in [0.1, 0.15) is 28.0 Å². The zero-order valence-electron chi connectivity index (χ0n) is 13.1. The second kappa shape index (κ2) is 5.92. The minimum atomic E-state index is -0.456. The number of aryl methyl sites for hydroxylation is 1. The van der Waals surface area contributed by atoms with E-state index in [0.29, 0.717) is 11.0 Å². The van der Waals surface area contributed by atoms with Crippen molar-refractivity contribution in [2.75, 3.05) is 0 Å². The summed E-state index contributed by atoms with van der Waals surface area (Å²) in [6.07, 6.45) is 2.59. The Kier molecular flexibility index (Phi) is 3.61. The van der Waals surface area contributed by atoms with Crippen LogP contribution in [0.2, 0.25) is 0 Å². The molecule has 1 aliphatic rings. The van der Waals surface area contributed by atoms with Crippen molar-refractivity contribution in [1.82, 2.24) is 15.3 Å². The topological polar surface area (TPSA) is 74.8 Å². The molecule has 2 aromatic carbocycles. The number of para-hydroxylation sites is 2. The molecule has 3 aromatic rings. The van der Waals surface area contributed by atoms with Crippen molar-refractivity contribution in [2.45, 2.75) is 25.3 Å². The van der Waals surface area contributed by atoms with Gasteiger partial charge in [-0.3, -0.25) is 9.59 Å². The molecule has 1 aromatic heterocycles. The minimum absolute atomic E-state index is 0.0278. The molecule has 0 aliphatic heterocycles. The van der Waals surface area contributed by atoms with Gasteiger partial charge in [0, 0.05) is 6.04 Å². The van der Waals surface area contributed by atoms with E-state index >= 15 is 0 Å². The zero-order valence-corrected chi connectivity index (χ0v) is 13.1. The van der Waals surface area contributed by atoms with E-state index in [1.165, 1.54) is 11.1 Å². The molecule has 1 unspecified atom stereocenters. The standard InChI is InChI=1S/C19H17N3O2/c23-18(17-19(24)22-16-8-4-3-7-15(16)21-17)20-14-10-9-12-5-1-2-6-13(12)11-14/h1-8,14H,9-11H2,(H,20,23)(H,22,24). The fourth-order valence-corrected chi connectivity index (χ4v) is 3.26. The van der Waals surface area contributed by atoms with Crippen molar-refractivity contribution in [3.05, 3.63) is 75.7 Å². The molecule has 1 atom stereocenters. The molecule has 0 bridgehead atoms. The first-order valence-electron chi connectivity index (χ1n) is 8.07. The number of rotatable bonds is 2. The molecule has 1 heterocycles. The smallest absolute Gasteiger partial charge is 0.280 e. The summed E-state index contributed by atoms with van der Waals surface area (Å²) in [7, 11) is 0. The van der Waals surface area contributed by atoms with Gasteiger partial charge >= 0.3 is 0 Å². The van der Waals surface area contributed by atoms with Gasteiger partial charge in [-0.15, -0.1) is 0 Å². The minimum Gasteiger partial charge on any atom is -0.347 e. The first kappa shape index (κ1) is 14.6. The van der Waals surface area contributed by atoms with E-state index in [1.54, 1.807) is 12.1 Å².